The van der Waals surface area contributed by atoms with Gasteiger partial charge in [-0.15, -0.1) is 0 Å². The fourth-order valence-electron chi connectivity index (χ4n) is 2.28. The maximum Gasteiger partial charge on any atom is 0.261 e. The molecule has 3 rings (SSSR count). The number of halogens is 2. The van der Waals surface area contributed by atoms with Crippen molar-refractivity contribution in [2.75, 3.05) is 26.2 Å². The molecule has 0 saturated carbocycles. The second-order valence-electron chi connectivity index (χ2n) is 5.85. The minimum Gasteiger partial charge on any atom is -0.314 e. The van der Waals surface area contributed by atoms with Crippen LogP contribution in [-0.2, 0) is 18.1 Å². The van der Waals surface area contributed by atoms with Crippen molar-refractivity contribution in [2.45, 2.75) is 9.79 Å². The predicted molar refractivity (Wildman–Crippen MR) is 114 cm³/mol. The summed E-state index contributed by atoms with van der Waals surface area (Å²) in [6.07, 6.45) is 3.52. The average Bonchev–Trinajstić information content (AvgIpc) is 2.67. The van der Waals surface area contributed by atoms with Gasteiger partial charge in [-0.1, -0.05) is 36.4 Å². The molecule has 0 radical (unpaired) electrons. The first-order valence-corrected chi connectivity index (χ1v) is 13.0. The summed E-state index contributed by atoms with van der Waals surface area (Å²) in [6.45, 7) is 4.56. The Morgan fingerprint density at radius 2 is 0.893 bits per heavy atom. The van der Waals surface area contributed by atoms with Crippen LogP contribution in [0.25, 0.3) is 12.2 Å². The lowest BCUT2D eigenvalue weighted by atomic mass is 10.1. The van der Waals surface area contributed by atoms with Crippen LogP contribution in [0.1, 0.15) is 11.1 Å². The van der Waals surface area contributed by atoms with Crippen LogP contribution in [0.2, 0.25) is 0 Å². The second kappa shape index (κ2) is 10.4. The summed E-state index contributed by atoms with van der Waals surface area (Å²) in [5.41, 5.74) is 1.55. The molecule has 2 aromatic carbocycles. The first-order chi connectivity index (χ1) is 13.2. The molecule has 10 heteroatoms. The fourth-order valence-corrected chi connectivity index (χ4v) is 3.82. The fraction of sp³-hybridized carbons (Fsp3) is 0.222. The van der Waals surface area contributed by atoms with Gasteiger partial charge in [-0.2, -0.15) is 0 Å². The Bertz CT molecular complexity index is 912. The molecule has 1 aliphatic heterocycles. The molecule has 28 heavy (non-hydrogen) atoms. The predicted octanol–water partition coefficient (Wildman–Crippen LogP) is 2.89. The lowest BCUT2D eigenvalue weighted by molar-refractivity contribution is 0.534. The summed E-state index contributed by atoms with van der Waals surface area (Å²) in [5.74, 6) is 0. The van der Waals surface area contributed by atoms with Crippen LogP contribution < -0.4 is 10.6 Å². The van der Waals surface area contributed by atoms with Gasteiger partial charge in [0, 0.05) is 47.5 Å². The van der Waals surface area contributed by atoms with Crippen LogP contribution >= 0.6 is 21.4 Å². The highest BCUT2D eigenvalue weighted by molar-refractivity contribution is 8.14. The van der Waals surface area contributed by atoms with Gasteiger partial charge < -0.3 is 10.6 Å². The molecule has 1 saturated heterocycles. The van der Waals surface area contributed by atoms with E-state index in [2.05, 4.69) is 10.6 Å². The van der Waals surface area contributed by atoms with Crippen molar-refractivity contribution in [3.05, 3.63) is 59.7 Å². The van der Waals surface area contributed by atoms with Gasteiger partial charge in [0.05, 0.1) is 9.79 Å². The molecule has 1 fully saturated rings. The SMILES string of the molecule is C1CNCCN1.O=S(=O)(Cl)c1ccc(C=Cc2ccc(S(=O)(=O)Cl)cc2)cc1. The number of rotatable bonds is 4. The van der Waals surface area contributed by atoms with Crippen LogP contribution in [0, 0.1) is 0 Å². The van der Waals surface area contributed by atoms with E-state index in [0.717, 1.165) is 37.3 Å². The number of benzene rings is 2. The molecule has 0 aliphatic carbocycles. The topological polar surface area (TPSA) is 92.3 Å². The lowest BCUT2D eigenvalue weighted by Crippen LogP contribution is -2.39. The van der Waals surface area contributed by atoms with E-state index in [0.29, 0.717) is 0 Å². The third-order valence-electron chi connectivity index (χ3n) is 3.75. The molecule has 0 bridgehead atoms. The van der Waals surface area contributed by atoms with E-state index in [-0.39, 0.29) is 9.79 Å². The third-order valence-corrected chi connectivity index (χ3v) is 6.49. The van der Waals surface area contributed by atoms with Crippen LogP contribution in [0.5, 0.6) is 0 Å². The normalized spacial score (nSPS) is 15.1. The smallest absolute Gasteiger partial charge is 0.261 e. The van der Waals surface area contributed by atoms with Crippen LogP contribution in [0.3, 0.4) is 0 Å². The van der Waals surface area contributed by atoms with Crippen LogP contribution in [0.4, 0.5) is 0 Å². The van der Waals surface area contributed by atoms with Gasteiger partial charge in [-0.25, -0.2) is 16.8 Å². The molecule has 152 valence electrons. The van der Waals surface area contributed by atoms with Gasteiger partial charge in [0.25, 0.3) is 18.1 Å². The Balaban J connectivity index is 0.000000397. The van der Waals surface area contributed by atoms with Gasteiger partial charge in [0.1, 0.15) is 0 Å². The molecule has 0 aromatic heterocycles. The lowest BCUT2D eigenvalue weighted by Gasteiger charge is -2.11. The maximum atomic E-state index is 11.1. The molecule has 2 N–H and O–H groups in total. The van der Waals surface area contributed by atoms with E-state index < -0.39 is 18.1 Å². The van der Waals surface area contributed by atoms with Crippen molar-refractivity contribution in [1.29, 1.82) is 0 Å². The van der Waals surface area contributed by atoms with E-state index >= 15 is 0 Å². The zero-order valence-electron chi connectivity index (χ0n) is 14.8. The Morgan fingerprint density at radius 1 is 0.607 bits per heavy atom. The molecule has 6 nitrogen and oxygen atoms in total. The number of piperazine rings is 1. The van der Waals surface area contributed by atoms with Gasteiger partial charge in [-0.05, 0) is 35.4 Å². The average molecular weight is 463 g/mol. The molecule has 0 amide bonds. The second-order valence-corrected chi connectivity index (χ2v) is 11.0. The molecule has 1 aliphatic rings. The quantitative estimate of drug-likeness (QED) is 0.535. The van der Waals surface area contributed by atoms with Crippen molar-refractivity contribution in [3.63, 3.8) is 0 Å². The van der Waals surface area contributed by atoms with E-state index in [9.17, 15) is 16.8 Å². The first kappa shape index (κ1) is 22.9. The largest absolute Gasteiger partial charge is 0.314 e. The maximum absolute atomic E-state index is 11.1. The van der Waals surface area contributed by atoms with Crippen LogP contribution in [0.15, 0.2) is 58.3 Å². The van der Waals surface area contributed by atoms with E-state index in [1.54, 1.807) is 36.4 Å². The van der Waals surface area contributed by atoms with E-state index in [1.807, 2.05) is 0 Å². The molecule has 0 unspecified atom stereocenters. The summed E-state index contributed by atoms with van der Waals surface area (Å²) >= 11 is 0. The molecular formula is C18H20Cl2N2O4S2. The Hall–Kier alpha value is -1.42. The molecular weight excluding hydrogens is 443 g/mol. The summed E-state index contributed by atoms with van der Waals surface area (Å²) in [6, 6.07) is 12.1. The highest BCUT2D eigenvalue weighted by Gasteiger charge is 2.09. The minimum absolute atomic E-state index is 0.0305. The highest BCUT2D eigenvalue weighted by Crippen LogP contribution is 2.18. The highest BCUT2D eigenvalue weighted by atomic mass is 35.7. The number of nitrogens with one attached hydrogen (secondary N) is 2. The summed E-state index contributed by atoms with van der Waals surface area (Å²) < 4.78 is 44.5. The van der Waals surface area contributed by atoms with Gasteiger partial charge in [0.15, 0.2) is 0 Å². The number of hydrogen-bond donors (Lipinski definition) is 2. The van der Waals surface area contributed by atoms with Gasteiger partial charge >= 0.3 is 0 Å². The standard InChI is InChI=1S/C14H10Cl2O4S2.C4H10N2/c15-21(17,18)13-7-3-11(4-8-13)1-2-12-5-9-14(10-6-12)22(16,19)20;1-2-6-4-3-5-1/h1-10H;5-6H,1-4H2. The summed E-state index contributed by atoms with van der Waals surface area (Å²) in [5, 5.41) is 6.44. The zero-order valence-corrected chi connectivity index (χ0v) is 18.0. The molecule has 0 atom stereocenters. The van der Waals surface area contributed by atoms with Gasteiger partial charge in [0.2, 0.25) is 0 Å². The summed E-state index contributed by atoms with van der Waals surface area (Å²) in [4.78, 5) is 0.0611. The molecule has 1 heterocycles. The van der Waals surface area contributed by atoms with E-state index in [4.69, 9.17) is 21.4 Å². The number of hydrogen-bond acceptors (Lipinski definition) is 6. The van der Waals surface area contributed by atoms with Gasteiger partial charge in [-0.3, -0.25) is 0 Å². The minimum atomic E-state index is -3.73. The molecule has 2 aromatic rings. The van der Waals surface area contributed by atoms with Crippen LogP contribution in [-0.4, -0.2) is 43.0 Å². The monoisotopic (exact) mass is 462 g/mol. The third kappa shape index (κ3) is 7.90. The first-order valence-electron chi connectivity index (χ1n) is 8.35. The molecule has 0 spiro atoms. The van der Waals surface area contributed by atoms with Crippen molar-refractivity contribution in [1.82, 2.24) is 10.6 Å². The van der Waals surface area contributed by atoms with E-state index in [1.165, 1.54) is 24.3 Å². The Labute approximate surface area is 174 Å². The Morgan fingerprint density at radius 3 is 1.11 bits per heavy atom. The Kier molecular flexibility index (Phi) is 8.48. The van der Waals surface area contributed by atoms with Crippen molar-refractivity contribution >= 4 is 51.6 Å². The van der Waals surface area contributed by atoms with Crippen molar-refractivity contribution in [3.8, 4) is 0 Å². The summed E-state index contributed by atoms with van der Waals surface area (Å²) in [7, 11) is 3.01. The van der Waals surface area contributed by atoms with Crippen molar-refractivity contribution < 1.29 is 16.8 Å². The van der Waals surface area contributed by atoms with Crippen molar-refractivity contribution in [2.24, 2.45) is 0 Å². The zero-order chi connectivity index (χ0) is 20.6.